The molecule has 1 aromatic carbocycles. The van der Waals surface area contributed by atoms with Crippen LogP contribution in [-0.4, -0.2) is 16.7 Å². The lowest BCUT2D eigenvalue weighted by molar-refractivity contribution is 0.132. The van der Waals surface area contributed by atoms with Gasteiger partial charge in [-0.3, -0.25) is 0 Å². The van der Waals surface area contributed by atoms with Crippen molar-refractivity contribution in [2.75, 3.05) is 7.11 Å². The standard InChI is InChI=1S/C10H12N2O/c1-8-11-9-5-3-4-6-10(9)12(8)7-13-2/h3-6H,7H2,1-2H3. The first-order valence-corrected chi connectivity index (χ1v) is 4.23. The number of aryl methyl sites for hydroxylation is 1. The maximum Gasteiger partial charge on any atom is 0.124 e. The molecule has 68 valence electrons. The average molecular weight is 176 g/mol. The molecule has 0 aliphatic heterocycles. The summed E-state index contributed by atoms with van der Waals surface area (Å²) >= 11 is 0. The third kappa shape index (κ3) is 1.31. The summed E-state index contributed by atoms with van der Waals surface area (Å²) in [6, 6.07) is 8.06. The maximum atomic E-state index is 5.10. The molecule has 0 atom stereocenters. The van der Waals surface area contributed by atoms with Gasteiger partial charge in [-0.1, -0.05) is 12.1 Å². The molecule has 0 saturated carbocycles. The van der Waals surface area contributed by atoms with Crippen molar-refractivity contribution in [1.82, 2.24) is 9.55 Å². The van der Waals surface area contributed by atoms with Crippen LogP contribution in [0, 0.1) is 6.92 Å². The lowest BCUT2D eigenvalue weighted by atomic mass is 10.3. The van der Waals surface area contributed by atoms with Crippen LogP contribution in [0.1, 0.15) is 5.82 Å². The van der Waals surface area contributed by atoms with Crippen LogP contribution in [0.2, 0.25) is 0 Å². The fourth-order valence-corrected chi connectivity index (χ4v) is 1.49. The normalized spacial score (nSPS) is 10.9. The van der Waals surface area contributed by atoms with Crippen LogP contribution in [0.3, 0.4) is 0 Å². The van der Waals surface area contributed by atoms with E-state index in [0.717, 1.165) is 16.9 Å². The quantitative estimate of drug-likeness (QED) is 0.699. The molecule has 0 saturated heterocycles. The van der Waals surface area contributed by atoms with Crippen molar-refractivity contribution in [3.63, 3.8) is 0 Å². The summed E-state index contributed by atoms with van der Waals surface area (Å²) in [5.41, 5.74) is 2.15. The van der Waals surface area contributed by atoms with Gasteiger partial charge in [-0.25, -0.2) is 4.98 Å². The van der Waals surface area contributed by atoms with E-state index in [9.17, 15) is 0 Å². The Morgan fingerprint density at radius 2 is 2.15 bits per heavy atom. The van der Waals surface area contributed by atoms with Gasteiger partial charge in [0.15, 0.2) is 0 Å². The van der Waals surface area contributed by atoms with Crippen molar-refractivity contribution in [2.45, 2.75) is 13.7 Å². The minimum absolute atomic E-state index is 0.562. The minimum Gasteiger partial charge on any atom is -0.364 e. The van der Waals surface area contributed by atoms with E-state index in [1.807, 2.05) is 31.2 Å². The fraction of sp³-hybridized carbons (Fsp3) is 0.300. The summed E-state index contributed by atoms with van der Waals surface area (Å²) in [5.74, 6) is 0.989. The highest BCUT2D eigenvalue weighted by Crippen LogP contribution is 2.14. The lowest BCUT2D eigenvalue weighted by Crippen LogP contribution is -2.01. The molecule has 3 heteroatoms. The summed E-state index contributed by atoms with van der Waals surface area (Å²) < 4.78 is 7.15. The number of hydrogen-bond donors (Lipinski definition) is 0. The van der Waals surface area contributed by atoms with Crippen molar-refractivity contribution < 1.29 is 4.74 Å². The molecule has 0 aliphatic rings. The Balaban J connectivity index is 2.64. The lowest BCUT2D eigenvalue weighted by Gasteiger charge is -2.03. The van der Waals surface area contributed by atoms with E-state index < -0.39 is 0 Å². The number of benzene rings is 1. The van der Waals surface area contributed by atoms with Gasteiger partial charge in [0.2, 0.25) is 0 Å². The highest BCUT2D eigenvalue weighted by molar-refractivity contribution is 5.75. The summed E-state index contributed by atoms with van der Waals surface area (Å²) in [4.78, 5) is 4.41. The Labute approximate surface area is 77.0 Å². The molecule has 2 aromatic rings. The number of ether oxygens (including phenoxy) is 1. The number of methoxy groups -OCH3 is 1. The SMILES string of the molecule is COCn1c(C)nc2ccccc21. The van der Waals surface area contributed by atoms with Crippen molar-refractivity contribution in [3.8, 4) is 0 Å². The van der Waals surface area contributed by atoms with E-state index in [-0.39, 0.29) is 0 Å². The van der Waals surface area contributed by atoms with Crippen LogP contribution < -0.4 is 0 Å². The molecule has 0 N–H and O–H groups in total. The molecule has 3 nitrogen and oxygen atoms in total. The van der Waals surface area contributed by atoms with E-state index in [4.69, 9.17) is 4.74 Å². The molecular formula is C10H12N2O. The van der Waals surface area contributed by atoms with Crippen LogP contribution in [0.5, 0.6) is 0 Å². The van der Waals surface area contributed by atoms with Crippen LogP contribution in [0.25, 0.3) is 11.0 Å². The van der Waals surface area contributed by atoms with Crippen LogP contribution >= 0.6 is 0 Å². The Kier molecular flexibility index (Phi) is 2.02. The van der Waals surface area contributed by atoms with Crippen molar-refractivity contribution in [2.24, 2.45) is 0 Å². The second-order valence-electron chi connectivity index (χ2n) is 2.99. The third-order valence-electron chi connectivity index (χ3n) is 2.10. The van der Waals surface area contributed by atoms with E-state index in [1.54, 1.807) is 7.11 Å². The zero-order valence-corrected chi connectivity index (χ0v) is 7.82. The Morgan fingerprint density at radius 3 is 2.92 bits per heavy atom. The molecule has 1 heterocycles. The Hall–Kier alpha value is -1.35. The van der Waals surface area contributed by atoms with Gasteiger partial charge in [0, 0.05) is 7.11 Å². The summed E-state index contributed by atoms with van der Waals surface area (Å²) in [5, 5.41) is 0. The van der Waals surface area contributed by atoms with Gasteiger partial charge >= 0.3 is 0 Å². The summed E-state index contributed by atoms with van der Waals surface area (Å²) in [6.07, 6.45) is 0. The van der Waals surface area contributed by atoms with Crippen molar-refractivity contribution in [3.05, 3.63) is 30.1 Å². The highest BCUT2D eigenvalue weighted by Gasteiger charge is 2.04. The summed E-state index contributed by atoms with van der Waals surface area (Å²) in [7, 11) is 1.69. The zero-order valence-electron chi connectivity index (χ0n) is 7.82. The molecule has 0 fully saturated rings. The largest absolute Gasteiger partial charge is 0.364 e. The first-order valence-electron chi connectivity index (χ1n) is 4.23. The number of rotatable bonds is 2. The van der Waals surface area contributed by atoms with Crippen molar-refractivity contribution >= 4 is 11.0 Å². The van der Waals surface area contributed by atoms with Gasteiger partial charge in [0.25, 0.3) is 0 Å². The van der Waals surface area contributed by atoms with E-state index >= 15 is 0 Å². The number of imidazole rings is 1. The molecule has 0 radical (unpaired) electrons. The number of aromatic nitrogens is 2. The minimum atomic E-state index is 0.562. The molecule has 2 rings (SSSR count). The molecule has 0 amide bonds. The van der Waals surface area contributed by atoms with Gasteiger partial charge in [-0.05, 0) is 19.1 Å². The predicted molar refractivity (Wildman–Crippen MR) is 51.5 cm³/mol. The van der Waals surface area contributed by atoms with E-state index in [0.29, 0.717) is 6.73 Å². The van der Waals surface area contributed by atoms with Crippen LogP contribution in [0.4, 0.5) is 0 Å². The maximum absolute atomic E-state index is 5.10. The van der Waals surface area contributed by atoms with Crippen molar-refractivity contribution in [1.29, 1.82) is 0 Å². The first kappa shape index (κ1) is 8.26. The molecule has 1 aromatic heterocycles. The number of nitrogens with zero attached hydrogens (tertiary/aromatic N) is 2. The highest BCUT2D eigenvalue weighted by atomic mass is 16.5. The molecular weight excluding hydrogens is 164 g/mol. The zero-order chi connectivity index (χ0) is 9.26. The monoisotopic (exact) mass is 176 g/mol. The van der Waals surface area contributed by atoms with E-state index in [2.05, 4.69) is 9.55 Å². The predicted octanol–water partition coefficient (Wildman–Crippen LogP) is 1.95. The third-order valence-corrected chi connectivity index (χ3v) is 2.10. The topological polar surface area (TPSA) is 27.1 Å². The molecule has 0 aliphatic carbocycles. The van der Waals surface area contributed by atoms with Crippen LogP contribution in [-0.2, 0) is 11.5 Å². The first-order chi connectivity index (χ1) is 6.33. The van der Waals surface area contributed by atoms with Gasteiger partial charge < -0.3 is 9.30 Å². The van der Waals surface area contributed by atoms with Crippen LogP contribution in [0.15, 0.2) is 24.3 Å². The van der Waals surface area contributed by atoms with Gasteiger partial charge in [0.1, 0.15) is 12.6 Å². The average Bonchev–Trinajstić information content (AvgIpc) is 2.44. The molecule has 13 heavy (non-hydrogen) atoms. The number of hydrogen-bond acceptors (Lipinski definition) is 2. The second-order valence-corrected chi connectivity index (χ2v) is 2.99. The molecule has 0 unspecified atom stereocenters. The molecule has 0 spiro atoms. The smallest absolute Gasteiger partial charge is 0.124 e. The van der Waals surface area contributed by atoms with Gasteiger partial charge in [0.05, 0.1) is 11.0 Å². The van der Waals surface area contributed by atoms with Gasteiger partial charge in [-0.2, -0.15) is 0 Å². The fourth-order valence-electron chi connectivity index (χ4n) is 1.49. The summed E-state index contributed by atoms with van der Waals surface area (Å²) in [6.45, 7) is 2.55. The Morgan fingerprint density at radius 1 is 1.38 bits per heavy atom. The number of para-hydroxylation sites is 2. The Bertz CT molecular complexity index is 420. The van der Waals surface area contributed by atoms with E-state index in [1.165, 1.54) is 0 Å². The number of fused-ring (bicyclic) bond motifs is 1. The second kappa shape index (κ2) is 3.18. The molecule has 0 bridgehead atoms. The van der Waals surface area contributed by atoms with Gasteiger partial charge in [-0.15, -0.1) is 0 Å².